The lowest BCUT2D eigenvalue weighted by Gasteiger charge is -2.30. The molecule has 2 aromatic heterocycles. The van der Waals surface area contributed by atoms with Crippen molar-refractivity contribution in [3.05, 3.63) is 90.1 Å². The summed E-state index contributed by atoms with van der Waals surface area (Å²) in [7, 11) is 1.15. The number of aliphatic imine (C=N–C) groups is 1. The number of para-hydroxylation sites is 1. The van der Waals surface area contributed by atoms with Crippen LogP contribution >= 0.6 is 0 Å². The molecule has 0 aliphatic rings. The van der Waals surface area contributed by atoms with Crippen molar-refractivity contribution in [2.75, 3.05) is 33.3 Å². The van der Waals surface area contributed by atoms with Gasteiger partial charge in [0.1, 0.15) is 30.7 Å². The SMILES string of the molecule is COC(=O)CNC(=O)[C@H](Cc1c[nH]c2ccccc12)NC(=O)[C@H](CCCN=C(N)N)NC(=O)[C@@H](Cc1ccccc1)NC(=O)[C@H](Cc1cnc[nH]1)NC(=O)CNC(CCCN)(C(=O)O)C(F)F. The number of carbonyl (C=O) groups excluding carboxylic acids is 6. The van der Waals surface area contributed by atoms with E-state index in [1.165, 1.54) is 12.5 Å². The van der Waals surface area contributed by atoms with Gasteiger partial charge in [-0.1, -0.05) is 48.5 Å². The number of guanidine groups is 1. The van der Waals surface area contributed by atoms with Gasteiger partial charge in [0.15, 0.2) is 11.5 Å². The predicted molar refractivity (Wildman–Crippen MR) is 240 cm³/mol. The van der Waals surface area contributed by atoms with Gasteiger partial charge in [0.25, 0.3) is 6.43 Å². The first-order valence-electron chi connectivity index (χ1n) is 21.2. The molecule has 24 heteroatoms. The number of alkyl halides is 2. The molecular weight excluding hydrogens is 881 g/mol. The van der Waals surface area contributed by atoms with Crippen molar-refractivity contribution in [3.63, 3.8) is 0 Å². The summed E-state index contributed by atoms with van der Waals surface area (Å²) < 4.78 is 33.0. The van der Waals surface area contributed by atoms with Crippen molar-refractivity contribution in [1.29, 1.82) is 0 Å². The number of carbonyl (C=O) groups is 7. The highest BCUT2D eigenvalue weighted by Gasteiger charge is 2.47. The molecule has 1 unspecified atom stereocenters. The van der Waals surface area contributed by atoms with Crippen LogP contribution in [0.5, 0.6) is 0 Å². The minimum Gasteiger partial charge on any atom is -0.480 e. The van der Waals surface area contributed by atoms with Gasteiger partial charge in [-0.05, 0) is 49.4 Å². The standard InChI is InChI=1S/C43H57F2N13O9/c1-67-35(60)23-52-36(61)32(18-26-20-51-29-12-6-5-11-28(26)29)58-37(62)30(13-7-16-50-42(47)48)56-38(63)31(17-25-9-3-2-4-10-25)57-39(64)33(19-27-21-49-24-53-27)55-34(59)22-54-43(40(44)45,41(65)66)14-8-15-46/h2-6,9-12,20-21,24,30-33,40,51,54H,7-8,13-19,22-23,46H2,1H3,(H,49,53)(H,52,61)(H,55,59)(H,56,63)(H,57,64)(H,58,62)(H,65,66)(H4,47,48,50)/t30-,31+,32-,33-,43?/m0/s1. The van der Waals surface area contributed by atoms with Crippen LogP contribution in [0.3, 0.4) is 0 Å². The largest absolute Gasteiger partial charge is 0.480 e. The van der Waals surface area contributed by atoms with Gasteiger partial charge in [0, 0.05) is 54.8 Å². The second kappa shape index (κ2) is 25.9. The van der Waals surface area contributed by atoms with E-state index < -0.39 is 97.1 Å². The summed E-state index contributed by atoms with van der Waals surface area (Å²) >= 11 is 0. The van der Waals surface area contributed by atoms with E-state index in [1.54, 1.807) is 42.6 Å². The van der Waals surface area contributed by atoms with E-state index in [1.807, 2.05) is 18.2 Å². The number of aliphatic carboxylic acids is 1. The predicted octanol–water partition coefficient (Wildman–Crippen LogP) is -1.38. The molecule has 67 heavy (non-hydrogen) atoms. The molecule has 5 atom stereocenters. The molecule has 362 valence electrons. The van der Waals surface area contributed by atoms with Crippen LogP contribution in [0.1, 0.15) is 42.5 Å². The molecule has 5 amide bonds. The number of carboxylic acids is 1. The number of amides is 5. The third kappa shape index (κ3) is 15.9. The zero-order chi connectivity index (χ0) is 48.9. The fraction of sp³-hybridized carbons (Fsp3) is 0.419. The molecule has 0 bridgehead atoms. The first-order valence-corrected chi connectivity index (χ1v) is 21.2. The number of methoxy groups -OCH3 is 1. The van der Waals surface area contributed by atoms with E-state index in [-0.39, 0.29) is 57.6 Å². The highest BCUT2D eigenvalue weighted by molar-refractivity contribution is 5.96. The molecule has 0 spiro atoms. The first kappa shape index (κ1) is 52.2. The third-order valence-electron chi connectivity index (χ3n) is 10.6. The van der Waals surface area contributed by atoms with Crippen molar-refractivity contribution < 1.29 is 52.2 Å². The minimum atomic E-state index is -3.43. The van der Waals surface area contributed by atoms with Gasteiger partial charge in [0.2, 0.25) is 29.5 Å². The van der Waals surface area contributed by atoms with E-state index in [0.29, 0.717) is 16.8 Å². The fourth-order valence-corrected chi connectivity index (χ4v) is 6.97. The van der Waals surface area contributed by atoms with Crippen LogP contribution in [-0.2, 0) is 57.6 Å². The molecule has 2 aromatic carbocycles. The zero-order valence-electron chi connectivity index (χ0n) is 36.7. The van der Waals surface area contributed by atoms with Gasteiger partial charge in [-0.25, -0.2) is 18.6 Å². The van der Waals surface area contributed by atoms with E-state index in [0.717, 1.165) is 18.0 Å². The average Bonchev–Trinajstić information content (AvgIpc) is 3.98. The summed E-state index contributed by atoms with van der Waals surface area (Å²) in [4.78, 5) is 108. The summed E-state index contributed by atoms with van der Waals surface area (Å²) in [5.74, 6) is -7.22. The van der Waals surface area contributed by atoms with Gasteiger partial charge < -0.3 is 63.6 Å². The quantitative estimate of drug-likeness (QED) is 0.0135. The molecule has 0 saturated carbocycles. The Morgan fingerprint density at radius 1 is 0.806 bits per heavy atom. The molecule has 0 aliphatic heterocycles. The maximum Gasteiger partial charge on any atom is 0.329 e. The van der Waals surface area contributed by atoms with Crippen LogP contribution in [0, 0.1) is 0 Å². The van der Waals surface area contributed by atoms with Crippen molar-refractivity contribution in [1.82, 2.24) is 46.9 Å². The maximum atomic E-state index is 14.4. The fourth-order valence-electron chi connectivity index (χ4n) is 6.97. The Morgan fingerprint density at radius 3 is 2.07 bits per heavy atom. The van der Waals surface area contributed by atoms with Crippen LogP contribution in [0.25, 0.3) is 10.9 Å². The Kier molecular flexibility index (Phi) is 20.1. The highest BCUT2D eigenvalue weighted by atomic mass is 19.3. The number of nitrogens with one attached hydrogen (secondary N) is 8. The van der Waals surface area contributed by atoms with E-state index in [4.69, 9.17) is 17.2 Å². The summed E-state index contributed by atoms with van der Waals surface area (Å²) in [5.41, 5.74) is 16.0. The number of nitrogens with zero attached hydrogens (tertiary/aromatic N) is 2. The molecule has 0 saturated heterocycles. The zero-order valence-corrected chi connectivity index (χ0v) is 36.7. The van der Waals surface area contributed by atoms with Crippen LogP contribution in [0.2, 0.25) is 0 Å². The highest BCUT2D eigenvalue weighted by Crippen LogP contribution is 2.23. The number of hydrogen-bond donors (Lipinski definition) is 12. The second-order valence-corrected chi connectivity index (χ2v) is 15.4. The van der Waals surface area contributed by atoms with Gasteiger partial charge in [-0.2, -0.15) is 0 Å². The maximum absolute atomic E-state index is 14.4. The number of aromatic amines is 2. The number of nitrogens with two attached hydrogens (primary N) is 3. The lowest BCUT2D eigenvalue weighted by atomic mass is 9.93. The molecule has 22 nitrogen and oxygen atoms in total. The molecule has 0 fully saturated rings. The summed E-state index contributed by atoms with van der Waals surface area (Å²) in [6.07, 6.45) is -0.116. The number of hydrogen-bond acceptors (Lipinski definition) is 12. The molecule has 4 aromatic rings. The van der Waals surface area contributed by atoms with Gasteiger partial charge >= 0.3 is 11.9 Å². The summed E-state index contributed by atoms with van der Waals surface area (Å²) in [5, 5.41) is 25.5. The second-order valence-electron chi connectivity index (χ2n) is 15.4. The summed E-state index contributed by atoms with van der Waals surface area (Å²) in [6, 6.07) is 10.2. The van der Waals surface area contributed by atoms with Crippen LogP contribution in [-0.4, -0.2) is 137 Å². The number of ether oxygens (including phenoxy) is 1. The number of fused-ring (bicyclic) bond motifs is 1. The lowest BCUT2D eigenvalue weighted by Crippen LogP contribution is -2.61. The topological polar surface area (TPSA) is 356 Å². The first-order chi connectivity index (χ1) is 32.1. The third-order valence-corrected chi connectivity index (χ3v) is 10.6. The van der Waals surface area contributed by atoms with E-state index in [9.17, 15) is 47.4 Å². The molecule has 0 radical (unpaired) electrons. The smallest absolute Gasteiger partial charge is 0.329 e. The van der Waals surface area contributed by atoms with Crippen LogP contribution in [0.4, 0.5) is 8.78 Å². The number of esters is 1. The normalized spacial score (nSPS) is 13.8. The number of halogens is 2. The van der Waals surface area contributed by atoms with E-state index in [2.05, 4.69) is 56.6 Å². The van der Waals surface area contributed by atoms with Crippen molar-refractivity contribution in [3.8, 4) is 0 Å². The number of H-pyrrole nitrogens is 2. The van der Waals surface area contributed by atoms with Crippen LogP contribution < -0.4 is 49.1 Å². The van der Waals surface area contributed by atoms with Crippen molar-refractivity contribution >= 4 is 58.3 Å². The summed E-state index contributed by atoms with van der Waals surface area (Å²) in [6.45, 7) is -1.49. The van der Waals surface area contributed by atoms with Crippen molar-refractivity contribution in [2.24, 2.45) is 22.2 Å². The number of rotatable bonds is 28. The molecular formula is C43H57F2N13O9. The van der Waals surface area contributed by atoms with Crippen LogP contribution in [0.15, 0.2) is 78.3 Å². The molecule has 4 rings (SSSR count). The van der Waals surface area contributed by atoms with Crippen molar-refractivity contribution in [2.45, 2.75) is 81.1 Å². The lowest BCUT2D eigenvalue weighted by molar-refractivity contribution is -0.153. The number of aromatic nitrogens is 3. The number of imidazole rings is 1. The van der Waals surface area contributed by atoms with Gasteiger partial charge in [-0.3, -0.25) is 39.1 Å². The molecule has 2 heterocycles. The van der Waals surface area contributed by atoms with Gasteiger partial charge in [0.05, 0.1) is 20.0 Å². The Bertz CT molecular complexity index is 2310. The Labute approximate surface area is 383 Å². The van der Waals surface area contributed by atoms with Gasteiger partial charge in [-0.15, -0.1) is 0 Å². The number of carboxylic acid groups (broad SMARTS) is 1. The Balaban J connectivity index is 1.62. The Hall–Kier alpha value is -7.47. The minimum absolute atomic E-state index is 0.0454. The Morgan fingerprint density at radius 2 is 1.45 bits per heavy atom. The molecule has 0 aliphatic carbocycles. The number of benzene rings is 2. The monoisotopic (exact) mass is 937 g/mol. The molecule has 15 N–H and O–H groups in total. The van der Waals surface area contributed by atoms with E-state index >= 15 is 0 Å². The average molecular weight is 938 g/mol.